The van der Waals surface area contributed by atoms with Crippen LogP contribution < -0.4 is 5.32 Å². The molecule has 0 unspecified atom stereocenters. The fourth-order valence-electron chi connectivity index (χ4n) is 1.37. The number of nitrogens with one attached hydrogen (secondary N) is 1. The van der Waals surface area contributed by atoms with E-state index in [4.69, 9.17) is 4.74 Å². The largest absolute Gasteiger partial charge is 0.388 e. The molecule has 2 atom stereocenters. The molecule has 1 aromatic heterocycles. The van der Waals surface area contributed by atoms with Crippen molar-refractivity contribution in [1.29, 1.82) is 0 Å². The molecule has 1 aliphatic heterocycles. The molecule has 0 aliphatic carbocycles. The SMILES string of the molecule is Cc1ccnc(N[C@@H]2COC[C@H]2O)n1. The number of hydrogen-bond acceptors (Lipinski definition) is 5. The molecule has 0 aromatic carbocycles. The Morgan fingerprint density at radius 2 is 2.43 bits per heavy atom. The van der Waals surface area contributed by atoms with Crippen molar-refractivity contribution in [2.24, 2.45) is 0 Å². The molecule has 1 fully saturated rings. The van der Waals surface area contributed by atoms with Gasteiger partial charge >= 0.3 is 0 Å². The summed E-state index contributed by atoms with van der Waals surface area (Å²) in [5, 5.41) is 12.5. The number of hydrogen-bond donors (Lipinski definition) is 2. The maximum atomic E-state index is 9.48. The summed E-state index contributed by atoms with van der Waals surface area (Å²) in [6.45, 7) is 2.77. The zero-order valence-electron chi connectivity index (χ0n) is 7.97. The third kappa shape index (κ3) is 2.00. The lowest BCUT2D eigenvalue weighted by atomic mass is 10.2. The third-order valence-electron chi connectivity index (χ3n) is 2.16. The zero-order chi connectivity index (χ0) is 9.97. The van der Waals surface area contributed by atoms with Gasteiger partial charge in [-0.2, -0.15) is 0 Å². The summed E-state index contributed by atoms with van der Waals surface area (Å²) in [4.78, 5) is 8.23. The Morgan fingerprint density at radius 1 is 1.57 bits per heavy atom. The van der Waals surface area contributed by atoms with Gasteiger partial charge in [-0.15, -0.1) is 0 Å². The Bertz CT molecular complexity index is 319. The number of aliphatic hydroxyl groups excluding tert-OH is 1. The number of rotatable bonds is 2. The maximum absolute atomic E-state index is 9.48. The summed E-state index contributed by atoms with van der Waals surface area (Å²) in [6, 6.07) is 1.73. The van der Waals surface area contributed by atoms with E-state index in [-0.39, 0.29) is 6.04 Å². The number of nitrogens with zero attached hydrogens (tertiary/aromatic N) is 2. The minimum atomic E-state index is -0.473. The highest BCUT2D eigenvalue weighted by Gasteiger charge is 2.26. The van der Waals surface area contributed by atoms with Crippen LogP contribution in [0.25, 0.3) is 0 Å². The molecular weight excluding hydrogens is 182 g/mol. The van der Waals surface area contributed by atoms with Gasteiger partial charge in [0.2, 0.25) is 5.95 Å². The highest BCUT2D eigenvalue weighted by atomic mass is 16.5. The average Bonchev–Trinajstić information content (AvgIpc) is 2.52. The van der Waals surface area contributed by atoms with E-state index in [1.54, 1.807) is 6.20 Å². The summed E-state index contributed by atoms with van der Waals surface area (Å²) in [6.07, 6.45) is 1.21. The van der Waals surface area contributed by atoms with Crippen molar-refractivity contribution < 1.29 is 9.84 Å². The summed E-state index contributed by atoms with van der Waals surface area (Å²) in [7, 11) is 0. The molecule has 1 aromatic rings. The van der Waals surface area contributed by atoms with Crippen LogP contribution in [0.5, 0.6) is 0 Å². The van der Waals surface area contributed by atoms with Gasteiger partial charge in [-0.05, 0) is 13.0 Å². The van der Waals surface area contributed by atoms with Gasteiger partial charge in [0, 0.05) is 11.9 Å². The van der Waals surface area contributed by atoms with Gasteiger partial charge in [-0.1, -0.05) is 0 Å². The van der Waals surface area contributed by atoms with Crippen molar-refractivity contribution in [2.45, 2.75) is 19.1 Å². The summed E-state index contributed by atoms with van der Waals surface area (Å²) in [5.74, 6) is 0.541. The van der Waals surface area contributed by atoms with E-state index in [9.17, 15) is 5.11 Å². The monoisotopic (exact) mass is 195 g/mol. The highest BCUT2D eigenvalue weighted by Crippen LogP contribution is 2.10. The Morgan fingerprint density at radius 3 is 3.07 bits per heavy atom. The van der Waals surface area contributed by atoms with Crippen LogP contribution in [0, 0.1) is 6.92 Å². The Hall–Kier alpha value is -1.20. The first-order chi connectivity index (χ1) is 6.75. The molecule has 14 heavy (non-hydrogen) atoms. The fraction of sp³-hybridized carbons (Fsp3) is 0.556. The van der Waals surface area contributed by atoms with Crippen LogP contribution in [0.1, 0.15) is 5.69 Å². The lowest BCUT2D eigenvalue weighted by Crippen LogP contribution is -2.32. The quantitative estimate of drug-likeness (QED) is 0.693. The van der Waals surface area contributed by atoms with Crippen molar-refractivity contribution in [3.8, 4) is 0 Å². The van der Waals surface area contributed by atoms with Gasteiger partial charge in [0.15, 0.2) is 0 Å². The van der Waals surface area contributed by atoms with Crippen LogP contribution in [0.3, 0.4) is 0 Å². The van der Waals surface area contributed by atoms with Crippen molar-refractivity contribution in [1.82, 2.24) is 9.97 Å². The van der Waals surface area contributed by atoms with Crippen molar-refractivity contribution >= 4 is 5.95 Å². The van der Waals surface area contributed by atoms with Crippen LogP contribution >= 0.6 is 0 Å². The van der Waals surface area contributed by atoms with Gasteiger partial charge < -0.3 is 15.2 Å². The first-order valence-electron chi connectivity index (χ1n) is 4.58. The average molecular weight is 195 g/mol. The van der Waals surface area contributed by atoms with E-state index in [2.05, 4.69) is 15.3 Å². The molecule has 2 heterocycles. The third-order valence-corrected chi connectivity index (χ3v) is 2.16. The molecule has 0 radical (unpaired) electrons. The van der Waals surface area contributed by atoms with E-state index in [0.717, 1.165) is 5.69 Å². The van der Waals surface area contributed by atoms with Crippen LogP contribution in [0.15, 0.2) is 12.3 Å². The Kier molecular flexibility index (Phi) is 2.60. The smallest absolute Gasteiger partial charge is 0.223 e. The van der Waals surface area contributed by atoms with Crippen LogP contribution in [0.4, 0.5) is 5.95 Å². The van der Waals surface area contributed by atoms with Crippen LogP contribution in [-0.4, -0.2) is 40.4 Å². The topological polar surface area (TPSA) is 67.3 Å². The normalized spacial score (nSPS) is 26.4. The van der Waals surface area contributed by atoms with E-state index >= 15 is 0 Å². The second-order valence-corrected chi connectivity index (χ2v) is 3.38. The second kappa shape index (κ2) is 3.89. The van der Waals surface area contributed by atoms with Crippen molar-refractivity contribution in [3.63, 3.8) is 0 Å². The highest BCUT2D eigenvalue weighted by molar-refractivity contribution is 5.27. The first kappa shape index (κ1) is 9.36. The maximum Gasteiger partial charge on any atom is 0.223 e. The number of anilines is 1. The lowest BCUT2D eigenvalue weighted by Gasteiger charge is -2.14. The van der Waals surface area contributed by atoms with E-state index < -0.39 is 6.10 Å². The molecule has 1 aliphatic rings. The van der Waals surface area contributed by atoms with E-state index in [1.165, 1.54) is 0 Å². The summed E-state index contributed by atoms with van der Waals surface area (Å²) >= 11 is 0. The molecule has 0 spiro atoms. The molecule has 76 valence electrons. The Balaban J connectivity index is 2.03. The minimum absolute atomic E-state index is 0.100. The molecule has 5 heteroatoms. The molecule has 0 bridgehead atoms. The van der Waals surface area contributed by atoms with Crippen LogP contribution in [0.2, 0.25) is 0 Å². The predicted molar refractivity (Wildman–Crippen MR) is 51.0 cm³/mol. The molecule has 2 rings (SSSR count). The molecule has 1 saturated heterocycles. The van der Waals surface area contributed by atoms with Gasteiger partial charge in [0.25, 0.3) is 0 Å². The van der Waals surface area contributed by atoms with Crippen molar-refractivity contribution in [3.05, 3.63) is 18.0 Å². The molecule has 0 saturated carbocycles. The van der Waals surface area contributed by atoms with Crippen LogP contribution in [-0.2, 0) is 4.74 Å². The fourth-order valence-corrected chi connectivity index (χ4v) is 1.37. The van der Waals surface area contributed by atoms with E-state index in [0.29, 0.717) is 19.2 Å². The molecule has 2 N–H and O–H groups in total. The van der Waals surface area contributed by atoms with Crippen molar-refractivity contribution in [2.75, 3.05) is 18.5 Å². The summed E-state index contributed by atoms with van der Waals surface area (Å²) in [5.41, 5.74) is 0.899. The first-order valence-corrected chi connectivity index (χ1v) is 4.58. The second-order valence-electron chi connectivity index (χ2n) is 3.38. The molecule has 5 nitrogen and oxygen atoms in total. The zero-order valence-corrected chi connectivity index (χ0v) is 7.97. The summed E-state index contributed by atoms with van der Waals surface area (Å²) < 4.78 is 5.10. The van der Waals surface area contributed by atoms with Gasteiger partial charge in [-0.3, -0.25) is 0 Å². The van der Waals surface area contributed by atoms with Gasteiger partial charge in [0.05, 0.1) is 25.4 Å². The number of aryl methyl sites for hydroxylation is 1. The Labute approximate surface area is 82.1 Å². The minimum Gasteiger partial charge on any atom is -0.388 e. The number of ether oxygens (including phenoxy) is 1. The van der Waals surface area contributed by atoms with Gasteiger partial charge in [-0.25, -0.2) is 9.97 Å². The predicted octanol–water partition coefficient (Wildman–Crippen LogP) is -0.0434. The lowest BCUT2D eigenvalue weighted by molar-refractivity contribution is 0.125. The van der Waals surface area contributed by atoms with E-state index in [1.807, 2.05) is 13.0 Å². The molecule has 0 amide bonds. The molecular formula is C9H13N3O2. The number of aromatic nitrogens is 2. The van der Waals surface area contributed by atoms with Gasteiger partial charge in [0.1, 0.15) is 0 Å². The standard InChI is InChI=1S/C9H13N3O2/c1-6-2-3-10-9(11-6)12-7-4-14-5-8(7)13/h2-3,7-8,13H,4-5H2,1H3,(H,10,11,12)/t7-,8-/m1/s1. The number of aliphatic hydroxyl groups is 1.